The van der Waals surface area contributed by atoms with Crippen molar-refractivity contribution in [2.24, 2.45) is 0 Å². The molecule has 0 bridgehead atoms. The molecule has 0 spiro atoms. The van der Waals surface area contributed by atoms with Crippen molar-refractivity contribution in [3.8, 4) is 5.75 Å². The number of halogens is 1. The van der Waals surface area contributed by atoms with E-state index in [2.05, 4.69) is 24.4 Å². The first-order valence-electron chi connectivity index (χ1n) is 6.93. The molecule has 0 radical (unpaired) electrons. The van der Waals surface area contributed by atoms with E-state index in [1.165, 1.54) is 5.56 Å². The Bertz CT molecular complexity index is 458. The van der Waals surface area contributed by atoms with Crippen LogP contribution in [-0.2, 0) is 0 Å². The fourth-order valence-corrected chi connectivity index (χ4v) is 1.98. The zero-order valence-electron chi connectivity index (χ0n) is 11.7. The van der Waals surface area contributed by atoms with Crippen molar-refractivity contribution in [3.63, 3.8) is 0 Å². The summed E-state index contributed by atoms with van der Waals surface area (Å²) in [7, 11) is 0. The minimum Gasteiger partial charge on any atom is -0.494 e. The third-order valence-corrected chi connectivity index (χ3v) is 3.29. The summed E-state index contributed by atoms with van der Waals surface area (Å²) in [5, 5.41) is 4.13. The summed E-state index contributed by atoms with van der Waals surface area (Å²) in [4.78, 5) is 0. The lowest BCUT2D eigenvalue weighted by molar-refractivity contribution is 0.308. The van der Waals surface area contributed by atoms with Gasteiger partial charge in [0, 0.05) is 17.3 Å². The zero-order valence-corrected chi connectivity index (χ0v) is 12.5. The van der Waals surface area contributed by atoms with Gasteiger partial charge in [-0.05, 0) is 56.2 Å². The van der Waals surface area contributed by atoms with Crippen LogP contribution in [0.1, 0.15) is 18.4 Å². The molecule has 0 heterocycles. The van der Waals surface area contributed by atoms with Crippen molar-refractivity contribution in [3.05, 3.63) is 59.1 Å². The van der Waals surface area contributed by atoms with Crippen LogP contribution in [0.25, 0.3) is 0 Å². The van der Waals surface area contributed by atoms with Crippen LogP contribution >= 0.6 is 11.6 Å². The molecule has 0 fully saturated rings. The minimum absolute atomic E-state index is 0.755. The maximum atomic E-state index is 5.84. The lowest BCUT2D eigenvalue weighted by Crippen LogP contribution is -2.04. The highest BCUT2D eigenvalue weighted by Crippen LogP contribution is 2.14. The van der Waals surface area contributed by atoms with Crippen LogP contribution in [-0.4, -0.2) is 13.2 Å². The van der Waals surface area contributed by atoms with Crippen molar-refractivity contribution < 1.29 is 4.74 Å². The van der Waals surface area contributed by atoms with Crippen molar-refractivity contribution in [1.82, 2.24) is 0 Å². The van der Waals surface area contributed by atoms with Crippen molar-refractivity contribution in [1.29, 1.82) is 0 Å². The first-order chi connectivity index (χ1) is 9.74. The number of anilines is 1. The van der Waals surface area contributed by atoms with Gasteiger partial charge in [0.25, 0.3) is 0 Å². The SMILES string of the molecule is Cc1ccc(OCCCCNc2ccc(Cl)cc2)cc1. The summed E-state index contributed by atoms with van der Waals surface area (Å²) in [6.07, 6.45) is 2.11. The molecule has 2 aromatic carbocycles. The Labute approximate surface area is 125 Å². The number of hydrogen-bond donors (Lipinski definition) is 1. The molecule has 0 amide bonds. The zero-order chi connectivity index (χ0) is 14.2. The van der Waals surface area contributed by atoms with Crippen LogP contribution in [0.5, 0.6) is 5.75 Å². The third-order valence-electron chi connectivity index (χ3n) is 3.03. The van der Waals surface area contributed by atoms with Gasteiger partial charge in [-0.25, -0.2) is 0 Å². The topological polar surface area (TPSA) is 21.3 Å². The van der Waals surface area contributed by atoms with E-state index in [4.69, 9.17) is 16.3 Å². The van der Waals surface area contributed by atoms with Crippen molar-refractivity contribution >= 4 is 17.3 Å². The van der Waals surface area contributed by atoms with Crippen LogP contribution in [0, 0.1) is 6.92 Å². The fourth-order valence-electron chi connectivity index (χ4n) is 1.85. The van der Waals surface area contributed by atoms with Crippen LogP contribution < -0.4 is 10.1 Å². The number of ether oxygens (including phenoxy) is 1. The summed E-state index contributed by atoms with van der Waals surface area (Å²) >= 11 is 5.84. The quantitative estimate of drug-likeness (QED) is 0.731. The van der Waals surface area contributed by atoms with E-state index in [9.17, 15) is 0 Å². The molecule has 1 N–H and O–H groups in total. The summed E-state index contributed by atoms with van der Waals surface area (Å²) in [6, 6.07) is 15.9. The maximum absolute atomic E-state index is 5.84. The summed E-state index contributed by atoms with van der Waals surface area (Å²) in [5.74, 6) is 0.946. The predicted molar refractivity (Wildman–Crippen MR) is 85.8 cm³/mol. The molecule has 2 rings (SSSR count). The maximum Gasteiger partial charge on any atom is 0.119 e. The minimum atomic E-state index is 0.755. The normalized spacial score (nSPS) is 10.3. The predicted octanol–water partition coefficient (Wildman–Crippen LogP) is 4.92. The Hall–Kier alpha value is -1.67. The molecule has 2 nitrogen and oxygen atoms in total. The van der Waals surface area contributed by atoms with Crippen LogP contribution in [0.2, 0.25) is 5.02 Å². The van der Waals surface area contributed by atoms with E-state index in [1.54, 1.807) is 0 Å². The second-order valence-corrected chi connectivity index (χ2v) is 5.24. The first-order valence-corrected chi connectivity index (χ1v) is 7.31. The third kappa shape index (κ3) is 5.14. The smallest absolute Gasteiger partial charge is 0.119 e. The van der Waals surface area contributed by atoms with Crippen molar-refractivity contribution in [2.45, 2.75) is 19.8 Å². The highest BCUT2D eigenvalue weighted by atomic mass is 35.5. The highest BCUT2D eigenvalue weighted by Gasteiger charge is 1.95. The second kappa shape index (κ2) is 7.81. The molecule has 106 valence electrons. The largest absolute Gasteiger partial charge is 0.494 e. The molecule has 3 heteroatoms. The summed E-state index contributed by atoms with van der Waals surface area (Å²) in [6.45, 7) is 3.77. The van der Waals surface area contributed by atoms with Gasteiger partial charge in [0.05, 0.1) is 6.61 Å². The van der Waals surface area contributed by atoms with Gasteiger partial charge >= 0.3 is 0 Å². The van der Waals surface area contributed by atoms with Gasteiger partial charge in [-0.1, -0.05) is 29.3 Å². The Morgan fingerprint density at radius 1 is 0.950 bits per heavy atom. The number of nitrogens with one attached hydrogen (secondary N) is 1. The molecule has 0 aliphatic carbocycles. The van der Waals surface area contributed by atoms with Gasteiger partial charge < -0.3 is 10.1 Å². The number of hydrogen-bond acceptors (Lipinski definition) is 2. The van der Waals surface area contributed by atoms with Gasteiger partial charge in [-0.15, -0.1) is 0 Å². The summed E-state index contributed by atoms with van der Waals surface area (Å²) < 4.78 is 5.68. The molecule has 2 aromatic rings. The van der Waals surface area contributed by atoms with Crippen LogP contribution in [0.4, 0.5) is 5.69 Å². The van der Waals surface area contributed by atoms with Crippen LogP contribution in [0.15, 0.2) is 48.5 Å². The number of benzene rings is 2. The molecule has 0 aliphatic heterocycles. The summed E-state index contributed by atoms with van der Waals surface area (Å²) in [5.41, 5.74) is 2.36. The molecule has 0 aliphatic rings. The molecular weight excluding hydrogens is 270 g/mol. The van der Waals surface area contributed by atoms with E-state index < -0.39 is 0 Å². The van der Waals surface area contributed by atoms with Gasteiger partial charge in [0.2, 0.25) is 0 Å². The Morgan fingerprint density at radius 3 is 2.35 bits per heavy atom. The van der Waals surface area contributed by atoms with E-state index >= 15 is 0 Å². The van der Waals surface area contributed by atoms with E-state index in [-0.39, 0.29) is 0 Å². The first kappa shape index (κ1) is 14.7. The molecule has 0 saturated carbocycles. The van der Waals surface area contributed by atoms with Gasteiger partial charge in [-0.2, -0.15) is 0 Å². The second-order valence-electron chi connectivity index (χ2n) is 4.80. The molecule has 20 heavy (non-hydrogen) atoms. The van der Waals surface area contributed by atoms with Crippen LogP contribution in [0.3, 0.4) is 0 Å². The average molecular weight is 290 g/mol. The number of aryl methyl sites for hydroxylation is 1. The van der Waals surface area contributed by atoms with E-state index in [0.717, 1.165) is 42.5 Å². The Kier molecular flexibility index (Phi) is 5.75. The Balaban J connectivity index is 1.57. The Morgan fingerprint density at radius 2 is 1.65 bits per heavy atom. The molecule has 0 aromatic heterocycles. The lowest BCUT2D eigenvalue weighted by atomic mass is 10.2. The standard InChI is InChI=1S/C17H20ClNO/c1-14-4-10-17(11-5-14)20-13-3-2-12-19-16-8-6-15(18)7-9-16/h4-11,19H,2-3,12-13H2,1H3. The molecule has 0 saturated heterocycles. The number of unbranched alkanes of at least 4 members (excludes halogenated alkanes) is 1. The number of rotatable bonds is 7. The molecule has 0 unspecified atom stereocenters. The van der Waals surface area contributed by atoms with Gasteiger partial charge in [-0.3, -0.25) is 0 Å². The highest BCUT2D eigenvalue weighted by molar-refractivity contribution is 6.30. The monoisotopic (exact) mass is 289 g/mol. The molecule has 0 atom stereocenters. The fraction of sp³-hybridized carbons (Fsp3) is 0.294. The van der Waals surface area contributed by atoms with E-state index in [1.807, 2.05) is 36.4 Å². The lowest BCUT2D eigenvalue weighted by Gasteiger charge is -2.08. The van der Waals surface area contributed by atoms with Gasteiger partial charge in [0.1, 0.15) is 5.75 Å². The van der Waals surface area contributed by atoms with Gasteiger partial charge in [0.15, 0.2) is 0 Å². The van der Waals surface area contributed by atoms with Crippen molar-refractivity contribution in [2.75, 3.05) is 18.5 Å². The van der Waals surface area contributed by atoms with E-state index in [0.29, 0.717) is 0 Å². The average Bonchev–Trinajstić information content (AvgIpc) is 2.46. The molecular formula is C17H20ClNO.